The minimum absolute atomic E-state index is 0.142. The summed E-state index contributed by atoms with van der Waals surface area (Å²) >= 11 is 5.96. The lowest BCUT2D eigenvalue weighted by Crippen LogP contribution is -2.49. The van der Waals surface area contributed by atoms with Crippen LogP contribution >= 0.6 is 11.6 Å². The van der Waals surface area contributed by atoms with E-state index in [1.165, 1.54) is 6.07 Å². The highest BCUT2D eigenvalue weighted by Gasteiger charge is 2.22. The fraction of sp³-hybridized carbons (Fsp3) is 0.316. The molecule has 1 heterocycles. The number of hydrogen-bond donors (Lipinski definition) is 0. The molecule has 1 amide bonds. The maximum atomic E-state index is 13.8. The normalized spacial score (nSPS) is 14.8. The van der Waals surface area contributed by atoms with E-state index in [2.05, 4.69) is 0 Å². The van der Waals surface area contributed by atoms with Crippen LogP contribution in [-0.4, -0.2) is 37.0 Å². The van der Waals surface area contributed by atoms with E-state index in [4.69, 9.17) is 11.6 Å². The quantitative estimate of drug-likeness (QED) is 0.841. The molecule has 0 spiro atoms. The molecule has 0 bridgehead atoms. The number of aryl methyl sites for hydroxylation is 1. The van der Waals surface area contributed by atoms with Gasteiger partial charge in [0.25, 0.3) is 0 Å². The van der Waals surface area contributed by atoms with Crippen molar-refractivity contribution in [3.8, 4) is 0 Å². The largest absolute Gasteiger partial charge is 0.366 e. The standard InChI is InChI=1S/C19H20ClFN2O/c20-16-5-3-4-15(14-16)8-9-19(24)23-12-10-22(11-13-23)18-7-2-1-6-17(18)21/h1-7,14H,8-13H2. The van der Waals surface area contributed by atoms with Crippen molar-refractivity contribution in [3.63, 3.8) is 0 Å². The summed E-state index contributed by atoms with van der Waals surface area (Å²) in [7, 11) is 0. The third-order valence-corrected chi connectivity index (χ3v) is 4.58. The first-order chi connectivity index (χ1) is 11.6. The number of rotatable bonds is 4. The molecule has 126 valence electrons. The predicted molar refractivity (Wildman–Crippen MR) is 95.0 cm³/mol. The van der Waals surface area contributed by atoms with Crippen LogP contribution in [0, 0.1) is 5.82 Å². The first kappa shape index (κ1) is 16.8. The molecule has 2 aromatic rings. The van der Waals surface area contributed by atoms with Gasteiger partial charge in [0.1, 0.15) is 5.82 Å². The van der Waals surface area contributed by atoms with Gasteiger partial charge in [0.2, 0.25) is 5.91 Å². The lowest BCUT2D eigenvalue weighted by atomic mass is 10.1. The average Bonchev–Trinajstić information content (AvgIpc) is 2.60. The maximum absolute atomic E-state index is 13.8. The van der Waals surface area contributed by atoms with E-state index in [1.54, 1.807) is 12.1 Å². The molecule has 1 aliphatic rings. The van der Waals surface area contributed by atoms with Gasteiger partial charge in [-0.15, -0.1) is 0 Å². The van der Waals surface area contributed by atoms with Crippen LogP contribution in [-0.2, 0) is 11.2 Å². The van der Waals surface area contributed by atoms with Crippen molar-refractivity contribution in [1.82, 2.24) is 4.90 Å². The van der Waals surface area contributed by atoms with Crippen molar-refractivity contribution in [1.29, 1.82) is 0 Å². The van der Waals surface area contributed by atoms with Gasteiger partial charge in [-0.05, 0) is 36.2 Å². The van der Waals surface area contributed by atoms with Gasteiger partial charge in [-0.3, -0.25) is 4.79 Å². The number of anilines is 1. The molecule has 2 aromatic carbocycles. The lowest BCUT2D eigenvalue weighted by Gasteiger charge is -2.36. The maximum Gasteiger partial charge on any atom is 0.223 e. The molecule has 0 aliphatic carbocycles. The summed E-state index contributed by atoms with van der Waals surface area (Å²) in [5, 5.41) is 0.693. The topological polar surface area (TPSA) is 23.6 Å². The number of amides is 1. The summed E-state index contributed by atoms with van der Waals surface area (Å²) in [6.45, 7) is 2.57. The Hall–Kier alpha value is -2.07. The third-order valence-electron chi connectivity index (χ3n) is 4.34. The number of carbonyl (C=O) groups is 1. The number of piperazine rings is 1. The van der Waals surface area contributed by atoms with Crippen LogP contribution in [0.5, 0.6) is 0 Å². The van der Waals surface area contributed by atoms with Crippen molar-refractivity contribution >= 4 is 23.2 Å². The Labute approximate surface area is 146 Å². The zero-order chi connectivity index (χ0) is 16.9. The molecule has 0 unspecified atom stereocenters. The molecular formula is C19H20ClFN2O. The number of nitrogens with zero attached hydrogens (tertiary/aromatic N) is 2. The van der Waals surface area contributed by atoms with E-state index in [-0.39, 0.29) is 11.7 Å². The minimum Gasteiger partial charge on any atom is -0.366 e. The molecular weight excluding hydrogens is 327 g/mol. The smallest absolute Gasteiger partial charge is 0.223 e. The van der Waals surface area contributed by atoms with Gasteiger partial charge in [-0.25, -0.2) is 4.39 Å². The highest BCUT2D eigenvalue weighted by molar-refractivity contribution is 6.30. The minimum atomic E-state index is -0.210. The molecule has 3 nitrogen and oxygen atoms in total. The van der Waals surface area contributed by atoms with E-state index in [9.17, 15) is 9.18 Å². The first-order valence-corrected chi connectivity index (χ1v) is 8.53. The molecule has 0 atom stereocenters. The van der Waals surface area contributed by atoms with Crippen LogP contribution in [0.3, 0.4) is 0 Å². The van der Waals surface area contributed by atoms with Crippen LogP contribution in [0.1, 0.15) is 12.0 Å². The molecule has 1 aliphatic heterocycles. The second-order valence-corrected chi connectivity index (χ2v) is 6.39. The van der Waals surface area contributed by atoms with Gasteiger partial charge < -0.3 is 9.80 Å². The molecule has 3 rings (SSSR count). The molecule has 0 N–H and O–H groups in total. The molecule has 24 heavy (non-hydrogen) atoms. The van der Waals surface area contributed by atoms with Gasteiger partial charge in [0.15, 0.2) is 0 Å². The van der Waals surface area contributed by atoms with Gasteiger partial charge in [-0.1, -0.05) is 35.9 Å². The van der Waals surface area contributed by atoms with Gasteiger partial charge in [0.05, 0.1) is 5.69 Å². The van der Waals surface area contributed by atoms with E-state index in [1.807, 2.05) is 40.1 Å². The summed E-state index contributed by atoms with van der Waals surface area (Å²) in [5.41, 5.74) is 1.68. The van der Waals surface area contributed by atoms with Gasteiger partial charge in [-0.2, -0.15) is 0 Å². The second-order valence-electron chi connectivity index (χ2n) is 5.95. The van der Waals surface area contributed by atoms with Crippen molar-refractivity contribution in [2.24, 2.45) is 0 Å². The average molecular weight is 347 g/mol. The number of benzene rings is 2. The Morgan fingerprint density at radius 3 is 2.50 bits per heavy atom. The summed E-state index contributed by atoms with van der Waals surface area (Å²) < 4.78 is 13.8. The van der Waals surface area contributed by atoms with Crippen LogP contribution in [0.2, 0.25) is 5.02 Å². The summed E-state index contributed by atoms with van der Waals surface area (Å²) in [6.07, 6.45) is 1.16. The molecule has 1 saturated heterocycles. The Morgan fingerprint density at radius 2 is 1.79 bits per heavy atom. The van der Waals surface area contributed by atoms with E-state index in [0.29, 0.717) is 49.7 Å². The molecule has 0 saturated carbocycles. The Kier molecular flexibility index (Phi) is 5.36. The monoisotopic (exact) mass is 346 g/mol. The third kappa shape index (κ3) is 4.06. The molecule has 5 heteroatoms. The van der Waals surface area contributed by atoms with Crippen LogP contribution in [0.25, 0.3) is 0 Å². The van der Waals surface area contributed by atoms with Crippen LogP contribution in [0.4, 0.5) is 10.1 Å². The van der Waals surface area contributed by atoms with Crippen molar-refractivity contribution in [2.75, 3.05) is 31.1 Å². The SMILES string of the molecule is O=C(CCc1cccc(Cl)c1)N1CCN(c2ccccc2F)CC1. The summed E-state index contributed by atoms with van der Waals surface area (Å²) in [6, 6.07) is 14.4. The number of para-hydroxylation sites is 1. The highest BCUT2D eigenvalue weighted by Crippen LogP contribution is 2.20. The fourth-order valence-electron chi connectivity index (χ4n) is 3.01. The number of carbonyl (C=O) groups excluding carboxylic acids is 1. The Balaban J connectivity index is 1.51. The van der Waals surface area contributed by atoms with Crippen LogP contribution in [0.15, 0.2) is 48.5 Å². The lowest BCUT2D eigenvalue weighted by molar-refractivity contribution is -0.131. The first-order valence-electron chi connectivity index (χ1n) is 8.15. The zero-order valence-electron chi connectivity index (χ0n) is 13.4. The van der Waals surface area contributed by atoms with Gasteiger partial charge >= 0.3 is 0 Å². The van der Waals surface area contributed by atoms with E-state index >= 15 is 0 Å². The zero-order valence-corrected chi connectivity index (χ0v) is 14.2. The fourth-order valence-corrected chi connectivity index (χ4v) is 3.22. The number of hydrogen-bond acceptors (Lipinski definition) is 2. The Morgan fingerprint density at radius 1 is 1.04 bits per heavy atom. The van der Waals surface area contributed by atoms with Crippen molar-refractivity contribution in [2.45, 2.75) is 12.8 Å². The van der Waals surface area contributed by atoms with E-state index < -0.39 is 0 Å². The van der Waals surface area contributed by atoms with Gasteiger partial charge in [0, 0.05) is 37.6 Å². The molecule has 0 radical (unpaired) electrons. The van der Waals surface area contributed by atoms with E-state index in [0.717, 1.165) is 5.56 Å². The highest BCUT2D eigenvalue weighted by atomic mass is 35.5. The van der Waals surface area contributed by atoms with Crippen molar-refractivity contribution < 1.29 is 9.18 Å². The van der Waals surface area contributed by atoms with Crippen molar-refractivity contribution in [3.05, 3.63) is 64.9 Å². The summed E-state index contributed by atoms with van der Waals surface area (Å²) in [5.74, 6) is -0.0682. The number of halogens is 2. The van der Waals surface area contributed by atoms with Crippen LogP contribution < -0.4 is 4.90 Å². The molecule has 0 aromatic heterocycles. The molecule has 1 fully saturated rings. The second kappa shape index (κ2) is 7.67. The Bertz CT molecular complexity index is 714. The summed E-state index contributed by atoms with van der Waals surface area (Å²) in [4.78, 5) is 16.2. The predicted octanol–water partition coefficient (Wildman–Crippen LogP) is 3.76.